The van der Waals surface area contributed by atoms with Crippen LogP contribution in [0, 0.1) is 0 Å². The van der Waals surface area contributed by atoms with Crippen molar-refractivity contribution < 1.29 is 19.8 Å². The zero-order valence-corrected chi connectivity index (χ0v) is 16.8. The molecule has 1 atom stereocenters. The number of oxime groups is 1. The number of aliphatic carboxylic acids is 1. The molecule has 1 aromatic carbocycles. The molecule has 0 amide bonds. The minimum atomic E-state index is -1.10. The van der Waals surface area contributed by atoms with Crippen LogP contribution in [0.2, 0.25) is 10.0 Å². The van der Waals surface area contributed by atoms with Crippen LogP contribution in [0.5, 0.6) is 5.75 Å². The number of carboxylic acids is 1. The van der Waals surface area contributed by atoms with Gasteiger partial charge in [0, 0.05) is 17.9 Å². The van der Waals surface area contributed by atoms with Gasteiger partial charge in [-0.25, -0.2) is 4.79 Å². The number of aromatic nitrogens is 2. The van der Waals surface area contributed by atoms with Gasteiger partial charge in [-0.15, -0.1) is 0 Å². The number of hydrogen-bond acceptors (Lipinski definition) is 6. The third-order valence-electron chi connectivity index (χ3n) is 4.05. The Balaban J connectivity index is 1.97. The van der Waals surface area contributed by atoms with Crippen molar-refractivity contribution >= 4 is 47.1 Å². The second-order valence-electron chi connectivity index (χ2n) is 6.16. The number of nitrogens with zero attached hydrogens (tertiary/aromatic N) is 3. The zero-order valence-electron chi connectivity index (χ0n) is 14.5. The Morgan fingerprint density at radius 1 is 1.44 bits per heavy atom. The molecular formula is C17H17Cl2N3O4S. The normalized spacial score (nSPS) is 15.3. The van der Waals surface area contributed by atoms with E-state index in [-0.39, 0.29) is 10.8 Å². The molecule has 2 N–H and O–H groups in total. The smallest absolute Gasteiger partial charge is 0.344 e. The number of rotatable bonds is 7. The first kappa shape index (κ1) is 19.9. The maximum Gasteiger partial charge on any atom is 0.344 e. The summed E-state index contributed by atoms with van der Waals surface area (Å²) in [7, 11) is 1.80. The lowest BCUT2D eigenvalue weighted by atomic mass is 10.2. The van der Waals surface area contributed by atoms with Gasteiger partial charge >= 0.3 is 5.97 Å². The molecule has 1 heterocycles. The Morgan fingerprint density at radius 3 is 2.74 bits per heavy atom. The predicted octanol–water partition coefficient (Wildman–Crippen LogP) is 4.42. The molecule has 1 saturated carbocycles. The maximum absolute atomic E-state index is 11.0. The fraction of sp³-hybridized carbons (Fsp3) is 0.353. The lowest BCUT2D eigenvalue weighted by molar-refractivity contribution is -0.144. The highest BCUT2D eigenvalue weighted by molar-refractivity contribution is 7.99. The summed E-state index contributed by atoms with van der Waals surface area (Å²) >= 11 is 13.8. The van der Waals surface area contributed by atoms with E-state index >= 15 is 0 Å². The molecule has 3 rings (SSSR count). The molecule has 1 aromatic heterocycles. The predicted molar refractivity (Wildman–Crippen MR) is 103 cm³/mol. The third-order valence-corrected chi connectivity index (χ3v) is 6.01. The first-order valence-corrected chi connectivity index (χ1v) is 9.69. The molecule has 0 unspecified atom stereocenters. The van der Waals surface area contributed by atoms with Crippen LogP contribution in [0.25, 0.3) is 0 Å². The van der Waals surface area contributed by atoms with Gasteiger partial charge in [0.1, 0.15) is 10.8 Å². The highest BCUT2D eigenvalue weighted by Crippen LogP contribution is 2.45. The van der Waals surface area contributed by atoms with Gasteiger partial charge in [0.05, 0.1) is 27.5 Å². The standard InChI is InChI=1S/C17H17Cl2N3O4S/c1-8(17(23)24)26-13-6-14(12(19)5-11(13)18)27-16-10(7-20-25)15(9-3-4-9)21-22(16)2/h5-9,25H,3-4H2,1-2H3,(H,23,24)/b20-7+/t8-/m0/s1. The van der Waals surface area contributed by atoms with Crippen molar-refractivity contribution in [2.24, 2.45) is 12.2 Å². The summed E-state index contributed by atoms with van der Waals surface area (Å²) in [6.45, 7) is 1.42. The molecule has 0 bridgehead atoms. The number of carboxylic acid groups (broad SMARTS) is 1. The van der Waals surface area contributed by atoms with Crippen molar-refractivity contribution in [3.05, 3.63) is 33.4 Å². The summed E-state index contributed by atoms with van der Waals surface area (Å²) in [4.78, 5) is 11.7. The Bertz CT molecular complexity index is 912. The van der Waals surface area contributed by atoms with Crippen LogP contribution in [-0.2, 0) is 11.8 Å². The summed E-state index contributed by atoms with van der Waals surface area (Å²) in [6.07, 6.45) is 2.42. The Hall–Kier alpha value is -1.90. The van der Waals surface area contributed by atoms with E-state index in [0.29, 0.717) is 15.8 Å². The second kappa shape index (κ2) is 8.00. The Morgan fingerprint density at radius 2 is 2.15 bits per heavy atom. The van der Waals surface area contributed by atoms with E-state index in [9.17, 15) is 4.79 Å². The van der Waals surface area contributed by atoms with E-state index in [1.165, 1.54) is 31.0 Å². The molecule has 0 spiro atoms. The van der Waals surface area contributed by atoms with Crippen molar-refractivity contribution in [3.8, 4) is 5.75 Å². The van der Waals surface area contributed by atoms with Crippen LogP contribution in [0.3, 0.4) is 0 Å². The van der Waals surface area contributed by atoms with E-state index in [1.807, 2.05) is 0 Å². The van der Waals surface area contributed by atoms with E-state index in [4.69, 9.17) is 38.3 Å². The van der Waals surface area contributed by atoms with Gasteiger partial charge in [-0.2, -0.15) is 5.10 Å². The Labute approximate surface area is 169 Å². The summed E-state index contributed by atoms with van der Waals surface area (Å²) in [5, 5.41) is 27.1. The van der Waals surface area contributed by atoms with Crippen molar-refractivity contribution in [1.82, 2.24) is 9.78 Å². The van der Waals surface area contributed by atoms with Crippen LogP contribution in [0.4, 0.5) is 0 Å². The largest absolute Gasteiger partial charge is 0.479 e. The van der Waals surface area contributed by atoms with Gasteiger partial charge in [0.25, 0.3) is 0 Å². The highest BCUT2D eigenvalue weighted by atomic mass is 35.5. The quantitative estimate of drug-likeness (QED) is 0.384. The van der Waals surface area contributed by atoms with Gasteiger partial charge in [-0.05, 0) is 31.9 Å². The number of aryl methyl sites for hydroxylation is 1. The average Bonchev–Trinajstić information content (AvgIpc) is 3.40. The van der Waals surface area contributed by atoms with Gasteiger partial charge in [-0.1, -0.05) is 40.1 Å². The van der Waals surface area contributed by atoms with Gasteiger partial charge < -0.3 is 15.1 Å². The monoisotopic (exact) mass is 429 g/mol. The third kappa shape index (κ3) is 4.34. The van der Waals surface area contributed by atoms with E-state index in [1.54, 1.807) is 17.8 Å². The molecule has 1 fully saturated rings. The molecule has 144 valence electrons. The molecule has 1 aliphatic rings. The number of halogens is 2. The summed E-state index contributed by atoms with van der Waals surface area (Å²) in [5.41, 5.74) is 1.62. The van der Waals surface area contributed by atoms with Gasteiger partial charge in [0.2, 0.25) is 0 Å². The SMILES string of the molecule is C[C@H](Oc1cc(Sc2c(/C=N/O)c(C3CC3)nn2C)c(Cl)cc1Cl)C(=O)O. The highest BCUT2D eigenvalue weighted by Gasteiger charge is 2.31. The molecule has 0 saturated heterocycles. The molecular weight excluding hydrogens is 413 g/mol. The van der Waals surface area contributed by atoms with Crippen molar-refractivity contribution in [2.75, 3.05) is 0 Å². The van der Waals surface area contributed by atoms with Crippen molar-refractivity contribution in [3.63, 3.8) is 0 Å². The minimum absolute atomic E-state index is 0.221. The molecule has 2 aromatic rings. The van der Waals surface area contributed by atoms with Crippen LogP contribution in [0.15, 0.2) is 27.2 Å². The molecule has 0 radical (unpaired) electrons. The number of carbonyl (C=O) groups is 1. The minimum Gasteiger partial charge on any atom is -0.479 e. The first-order valence-electron chi connectivity index (χ1n) is 8.12. The Kier molecular flexibility index (Phi) is 5.88. The summed E-state index contributed by atoms with van der Waals surface area (Å²) in [5.74, 6) is -0.507. The molecule has 7 nitrogen and oxygen atoms in total. The van der Waals surface area contributed by atoms with Crippen LogP contribution >= 0.6 is 35.0 Å². The maximum atomic E-state index is 11.0. The number of ether oxygens (including phenoxy) is 1. The molecule has 27 heavy (non-hydrogen) atoms. The lowest BCUT2D eigenvalue weighted by Gasteiger charge is -2.14. The fourth-order valence-corrected chi connectivity index (χ4v) is 4.04. The number of hydrogen-bond donors (Lipinski definition) is 2. The van der Waals surface area contributed by atoms with Crippen molar-refractivity contribution in [2.45, 2.75) is 41.7 Å². The van der Waals surface area contributed by atoms with E-state index < -0.39 is 12.1 Å². The molecule has 0 aliphatic heterocycles. The van der Waals surface area contributed by atoms with Crippen molar-refractivity contribution in [1.29, 1.82) is 0 Å². The second-order valence-corrected chi connectivity index (χ2v) is 8.00. The average molecular weight is 430 g/mol. The summed E-state index contributed by atoms with van der Waals surface area (Å²) < 4.78 is 7.12. The van der Waals surface area contributed by atoms with Crippen LogP contribution in [-0.4, -0.2) is 38.4 Å². The topological polar surface area (TPSA) is 96.9 Å². The van der Waals surface area contributed by atoms with Gasteiger partial charge in [0.15, 0.2) is 6.10 Å². The van der Waals surface area contributed by atoms with Gasteiger partial charge in [-0.3, -0.25) is 4.68 Å². The van der Waals surface area contributed by atoms with E-state index in [2.05, 4.69) is 10.3 Å². The first-order chi connectivity index (χ1) is 12.8. The molecule has 10 heteroatoms. The lowest BCUT2D eigenvalue weighted by Crippen LogP contribution is -2.23. The van der Waals surface area contributed by atoms with Crippen LogP contribution < -0.4 is 4.74 Å². The molecule has 1 aliphatic carbocycles. The number of benzene rings is 1. The van der Waals surface area contributed by atoms with E-state index in [0.717, 1.165) is 29.1 Å². The summed E-state index contributed by atoms with van der Waals surface area (Å²) in [6, 6.07) is 3.10. The van der Waals surface area contributed by atoms with Crippen LogP contribution in [0.1, 0.15) is 36.9 Å². The zero-order chi connectivity index (χ0) is 19.7. The fourth-order valence-electron chi connectivity index (χ4n) is 2.53.